The summed E-state index contributed by atoms with van der Waals surface area (Å²) in [7, 11) is 0. The highest BCUT2D eigenvalue weighted by Gasteiger charge is 2.17. The van der Waals surface area contributed by atoms with E-state index in [4.69, 9.17) is 4.74 Å². The van der Waals surface area contributed by atoms with Crippen LogP contribution in [0.3, 0.4) is 0 Å². The quantitative estimate of drug-likeness (QED) is 0.913. The molecule has 1 atom stereocenters. The molecule has 0 radical (unpaired) electrons. The number of fused-ring (bicyclic) bond motifs is 1. The maximum Gasteiger partial charge on any atom is 0.127 e. The number of benzene rings is 2. The molecule has 112 valence electrons. The van der Waals surface area contributed by atoms with Crippen LogP contribution in [0.4, 0.5) is 0 Å². The van der Waals surface area contributed by atoms with Gasteiger partial charge in [0.05, 0.1) is 6.61 Å². The van der Waals surface area contributed by atoms with Crippen molar-refractivity contribution in [2.45, 2.75) is 31.9 Å². The molecule has 1 fully saturated rings. The minimum absolute atomic E-state index is 0.375. The molecule has 0 spiro atoms. The van der Waals surface area contributed by atoms with Crippen molar-refractivity contribution in [3.8, 4) is 5.75 Å². The van der Waals surface area contributed by atoms with Crippen LogP contribution in [0, 0.1) is 0 Å². The van der Waals surface area contributed by atoms with Crippen molar-refractivity contribution in [1.82, 2.24) is 4.90 Å². The summed E-state index contributed by atoms with van der Waals surface area (Å²) < 4.78 is 5.89. The summed E-state index contributed by atoms with van der Waals surface area (Å²) in [5.41, 5.74) is 0. The fourth-order valence-electron chi connectivity index (χ4n) is 2.99. The van der Waals surface area contributed by atoms with Gasteiger partial charge >= 0.3 is 0 Å². The van der Waals surface area contributed by atoms with Gasteiger partial charge in [-0.25, -0.2) is 0 Å². The summed E-state index contributed by atoms with van der Waals surface area (Å²) in [6.45, 7) is 2.57. The number of nitrogens with zero attached hydrogens (tertiary/aromatic N) is 1. The highest BCUT2D eigenvalue weighted by molar-refractivity contribution is 5.88. The van der Waals surface area contributed by atoms with Crippen LogP contribution in [0.25, 0.3) is 10.8 Å². The van der Waals surface area contributed by atoms with E-state index in [2.05, 4.69) is 23.1 Å². The molecule has 1 unspecified atom stereocenters. The summed E-state index contributed by atoms with van der Waals surface area (Å²) in [5, 5.41) is 12.5. The highest BCUT2D eigenvalue weighted by Crippen LogP contribution is 2.25. The average molecular weight is 285 g/mol. The van der Waals surface area contributed by atoms with Crippen LogP contribution in [-0.4, -0.2) is 35.9 Å². The van der Waals surface area contributed by atoms with Gasteiger partial charge in [-0.15, -0.1) is 0 Å². The predicted octanol–water partition coefficient (Wildman–Crippen LogP) is 3.41. The van der Waals surface area contributed by atoms with Crippen LogP contribution < -0.4 is 4.74 Å². The molecule has 0 amide bonds. The SMILES string of the molecule is OC(CCOc1cccc2ccccc12)N1CCCCC1. The van der Waals surface area contributed by atoms with Gasteiger partial charge in [-0.1, -0.05) is 42.8 Å². The third-order valence-corrected chi connectivity index (χ3v) is 4.20. The average Bonchev–Trinajstić information content (AvgIpc) is 2.56. The number of piperidine rings is 1. The molecule has 2 aromatic carbocycles. The third kappa shape index (κ3) is 3.55. The Hall–Kier alpha value is -1.58. The first-order valence-electron chi connectivity index (χ1n) is 7.87. The number of rotatable bonds is 5. The molecule has 3 rings (SSSR count). The monoisotopic (exact) mass is 285 g/mol. The van der Waals surface area contributed by atoms with Crippen LogP contribution in [0.5, 0.6) is 5.75 Å². The lowest BCUT2D eigenvalue weighted by Crippen LogP contribution is -2.39. The van der Waals surface area contributed by atoms with Crippen LogP contribution in [0.1, 0.15) is 25.7 Å². The Morgan fingerprint density at radius 2 is 1.76 bits per heavy atom. The zero-order valence-electron chi connectivity index (χ0n) is 12.4. The van der Waals surface area contributed by atoms with Crippen molar-refractivity contribution < 1.29 is 9.84 Å². The molecule has 1 N–H and O–H groups in total. The Kier molecular flexibility index (Phi) is 4.73. The summed E-state index contributed by atoms with van der Waals surface area (Å²) in [6, 6.07) is 14.3. The zero-order valence-corrected chi connectivity index (χ0v) is 12.4. The first-order valence-corrected chi connectivity index (χ1v) is 7.87. The number of aliphatic hydroxyl groups is 1. The molecule has 3 nitrogen and oxygen atoms in total. The van der Waals surface area contributed by atoms with Gasteiger partial charge < -0.3 is 9.84 Å². The maximum atomic E-state index is 10.2. The van der Waals surface area contributed by atoms with Crippen molar-refractivity contribution in [2.24, 2.45) is 0 Å². The van der Waals surface area contributed by atoms with E-state index in [0.29, 0.717) is 13.0 Å². The van der Waals surface area contributed by atoms with Gasteiger partial charge in [-0.2, -0.15) is 0 Å². The van der Waals surface area contributed by atoms with Gasteiger partial charge in [-0.05, 0) is 24.3 Å². The molecule has 2 aromatic rings. The topological polar surface area (TPSA) is 32.7 Å². The molecule has 21 heavy (non-hydrogen) atoms. The molecule has 1 aliphatic heterocycles. The lowest BCUT2D eigenvalue weighted by molar-refractivity contribution is -0.0205. The largest absolute Gasteiger partial charge is 0.493 e. The lowest BCUT2D eigenvalue weighted by Gasteiger charge is -2.31. The summed E-state index contributed by atoms with van der Waals surface area (Å²) >= 11 is 0. The molecule has 1 saturated heterocycles. The van der Waals surface area contributed by atoms with E-state index >= 15 is 0 Å². The second-order valence-electron chi connectivity index (χ2n) is 5.69. The fourth-order valence-corrected chi connectivity index (χ4v) is 2.99. The number of ether oxygens (including phenoxy) is 1. The molecule has 1 aliphatic rings. The van der Waals surface area contributed by atoms with Crippen molar-refractivity contribution in [3.63, 3.8) is 0 Å². The molecule has 3 heteroatoms. The van der Waals surface area contributed by atoms with Gasteiger partial charge in [0, 0.05) is 24.9 Å². The minimum atomic E-state index is -0.375. The van der Waals surface area contributed by atoms with E-state index in [-0.39, 0.29) is 6.23 Å². The van der Waals surface area contributed by atoms with Crippen molar-refractivity contribution >= 4 is 10.8 Å². The number of likely N-dealkylation sites (tertiary alicyclic amines) is 1. The highest BCUT2D eigenvalue weighted by atomic mass is 16.5. The molecule has 0 saturated carbocycles. The maximum absolute atomic E-state index is 10.2. The Labute approximate surface area is 126 Å². The van der Waals surface area contributed by atoms with Gasteiger partial charge in [0.2, 0.25) is 0 Å². The summed E-state index contributed by atoms with van der Waals surface area (Å²) in [4.78, 5) is 2.16. The summed E-state index contributed by atoms with van der Waals surface area (Å²) in [5.74, 6) is 0.902. The number of hydrogen-bond acceptors (Lipinski definition) is 3. The molecule has 1 heterocycles. The first-order chi connectivity index (χ1) is 10.3. The molecule has 0 bridgehead atoms. The molecular weight excluding hydrogens is 262 g/mol. The van der Waals surface area contributed by atoms with Crippen molar-refractivity contribution in [2.75, 3.05) is 19.7 Å². The Bertz CT molecular complexity index is 573. The standard InChI is InChI=1S/C18H23NO2/c20-18(19-12-4-1-5-13-19)11-14-21-17-10-6-8-15-7-2-3-9-16(15)17/h2-3,6-10,18,20H,1,4-5,11-14H2. The van der Waals surface area contributed by atoms with Gasteiger partial charge in [-0.3, -0.25) is 4.90 Å². The van der Waals surface area contributed by atoms with E-state index in [1.165, 1.54) is 24.6 Å². The van der Waals surface area contributed by atoms with Gasteiger partial charge in [0.1, 0.15) is 12.0 Å². The molecule has 0 aliphatic carbocycles. The fraction of sp³-hybridized carbons (Fsp3) is 0.444. The van der Waals surface area contributed by atoms with E-state index in [1.54, 1.807) is 0 Å². The third-order valence-electron chi connectivity index (χ3n) is 4.20. The Morgan fingerprint density at radius 3 is 2.62 bits per heavy atom. The van der Waals surface area contributed by atoms with Crippen molar-refractivity contribution in [1.29, 1.82) is 0 Å². The first kappa shape index (κ1) is 14.4. The zero-order chi connectivity index (χ0) is 14.5. The van der Waals surface area contributed by atoms with Gasteiger partial charge in [0.25, 0.3) is 0 Å². The minimum Gasteiger partial charge on any atom is -0.493 e. The van der Waals surface area contributed by atoms with Crippen molar-refractivity contribution in [3.05, 3.63) is 42.5 Å². The van der Waals surface area contributed by atoms with E-state index in [9.17, 15) is 5.11 Å². The van der Waals surface area contributed by atoms with E-state index in [1.807, 2.05) is 24.3 Å². The number of hydrogen-bond donors (Lipinski definition) is 1. The Morgan fingerprint density at radius 1 is 1.00 bits per heavy atom. The van der Waals surface area contributed by atoms with Crippen LogP contribution in [-0.2, 0) is 0 Å². The lowest BCUT2D eigenvalue weighted by atomic mass is 10.1. The number of aliphatic hydroxyl groups excluding tert-OH is 1. The predicted molar refractivity (Wildman–Crippen MR) is 85.5 cm³/mol. The normalized spacial score (nSPS) is 17.8. The Balaban J connectivity index is 1.56. The van der Waals surface area contributed by atoms with Crippen LogP contribution in [0.2, 0.25) is 0 Å². The second-order valence-corrected chi connectivity index (χ2v) is 5.69. The van der Waals surface area contributed by atoms with Crippen LogP contribution >= 0.6 is 0 Å². The van der Waals surface area contributed by atoms with E-state index in [0.717, 1.165) is 24.2 Å². The summed E-state index contributed by atoms with van der Waals surface area (Å²) in [6.07, 6.45) is 3.96. The molecular formula is C18H23NO2. The smallest absolute Gasteiger partial charge is 0.127 e. The van der Waals surface area contributed by atoms with Gasteiger partial charge in [0.15, 0.2) is 0 Å². The second kappa shape index (κ2) is 6.92. The van der Waals surface area contributed by atoms with E-state index < -0.39 is 0 Å². The van der Waals surface area contributed by atoms with Crippen LogP contribution in [0.15, 0.2) is 42.5 Å². The molecule has 0 aromatic heterocycles.